The molecule has 1 aliphatic carbocycles. The molecule has 2 atom stereocenters. The van der Waals surface area contributed by atoms with Crippen LogP contribution in [0.5, 0.6) is 0 Å². The fraction of sp³-hybridized carbons (Fsp3) is 0.706. The van der Waals surface area contributed by atoms with E-state index in [1.54, 1.807) is 6.20 Å². The Morgan fingerprint density at radius 3 is 2.55 bits per heavy atom. The minimum absolute atomic E-state index is 0.000509. The van der Waals surface area contributed by atoms with Crippen LogP contribution in [0.2, 0.25) is 0 Å². The second-order valence-electron chi connectivity index (χ2n) is 6.74. The van der Waals surface area contributed by atoms with Crippen molar-refractivity contribution in [3.63, 3.8) is 0 Å². The molecule has 2 unspecified atom stereocenters. The summed E-state index contributed by atoms with van der Waals surface area (Å²) < 4.78 is 0. The Kier molecular flexibility index (Phi) is 5.17. The van der Waals surface area contributed by atoms with Crippen LogP contribution in [0.3, 0.4) is 0 Å². The summed E-state index contributed by atoms with van der Waals surface area (Å²) in [5, 5.41) is 11.1. The minimum atomic E-state index is -0.360. The van der Waals surface area contributed by atoms with Crippen molar-refractivity contribution in [2.75, 3.05) is 6.54 Å². The van der Waals surface area contributed by atoms with Gasteiger partial charge in [0.15, 0.2) is 0 Å². The molecule has 0 bridgehead atoms. The normalized spacial score (nSPS) is 21.1. The molecule has 1 aromatic heterocycles. The summed E-state index contributed by atoms with van der Waals surface area (Å²) in [4.78, 5) is 4.18. The molecule has 1 heterocycles. The number of pyridine rings is 1. The maximum atomic E-state index is 11.1. The summed E-state index contributed by atoms with van der Waals surface area (Å²) in [6.07, 6.45) is 9.06. The zero-order valence-electron chi connectivity index (χ0n) is 12.8. The molecule has 112 valence electrons. The van der Waals surface area contributed by atoms with E-state index in [0.29, 0.717) is 12.5 Å². The van der Waals surface area contributed by atoms with Crippen molar-refractivity contribution < 1.29 is 5.11 Å². The molecular formula is C17H28N2O. The summed E-state index contributed by atoms with van der Waals surface area (Å²) in [6.45, 7) is 4.97. The third kappa shape index (κ3) is 3.21. The van der Waals surface area contributed by atoms with Crippen molar-refractivity contribution in [1.82, 2.24) is 4.98 Å². The Bertz CT molecular complexity index is 399. The quantitative estimate of drug-likeness (QED) is 0.839. The van der Waals surface area contributed by atoms with E-state index < -0.39 is 0 Å². The van der Waals surface area contributed by atoms with Crippen LogP contribution in [-0.4, -0.2) is 22.7 Å². The zero-order chi connectivity index (χ0) is 14.6. The standard InChI is InChI=1S/C17H28N2O/c1-13(2)10-17(7-3-4-8-17)16(20)15(11-18)14-6-5-9-19-12-14/h5-6,9,12-13,15-16,20H,3-4,7-8,10-11,18H2,1-2H3. The van der Waals surface area contributed by atoms with E-state index in [0.717, 1.165) is 24.8 Å². The average molecular weight is 276 g/mol. The zero-order valence-corrected chi connectivity index (χ0v) is 12.8. The van der Waals surface area contributed by atoms with Crippen LogP contribution in [0.4, 0.5) is 0 Å². The van der Waals surface area contributed by atoms with Gasteiger partial charge in [-0.3, -0.25) is 4.98 Å². The van der Waals surface area contributed by atoms with Crippen LogP contribution < -0.4 is 5.73 Å². The lowest BCUT2D eigenvalue weighted by molar-refractivity contribution is -0.00510. The van der Waals surface area contributed by atoms with Crippen LogP contribution >= 0.6 is 0 Å². The van der Waals surface area contributed by atoms with Crippen molar-refractivity contribution >= 4 is 0 Å². The summed E-state index contributed by atoms with van der Waals surface area (Å²) >= 11 is 0. The molecule has 3 nitrogen and oxygen atoms in total. The van der Waals surface area contributed by atoms with Crippen molar-refractivity contribution in [1.29, 1.82) is 0 Å². The van der Waals surface area contributed by atoms with Gasteiger partial charge in [0, 0.05) is 24.9 Å². The topological polar surface area (TPSA) is 59.1 Å². The van der Waals surface area contributed by atoms with Crippen molar-refractivity contribution in [3.8, 4) is 0 Å². The highest BCUT2D eigenvalue weighted by Crippen LogP contribution is 2.49. The molecule has 3 heteroatoms. The van der Waals surface area contributed by atoms with E-state index >= 15 is 0 Å². The molecule has 0 radical (unpaired) electrons. The number of nitrogens with zero attached hydrogens (tertiary/aromatic N) is 1. The number of hydrogen-bond donors (Lipinski definition) is 2. The SMILES string of the molecule is CC(C)CC1(C(O)C(CN)c2cccnc2)CCCC1. The molecule has 0 amide bonds. The van der Waals surface area contributed by atoms with Crippen molar-refractivity contribution in [2.24, 2.45) is 17.1 Å². The summed E-state index contributed by atoms with van der Waals surface area (Å²) in [6, 6.07) is 3.96. The molecule has 3 N–H and O–H groups in total. The first-order valence-electron chi connectivity index (χ1n) is 7.87. The first-order valence-corrected chi connectivity index (χ1v) is 7.87. The highest BCUT2D eigenvalue weighted by molar-refractivity contribution is 5.18. The first kappa shape index (κ1) is 15.5. The molecule has 20 heavy (non-hydrogen) atoms. The number of aromatic nitrogens is 1. The highest BCUT2D eigenvalue weighted by Gasteiger charge is 2.44. The molecule has 0 aliphatic heterocycles. The monoisotopic (exact) mass is 276 g/mol. The van der Waals surface area contributed by atoms with Gasteiger partial charge in [-0.05, 0) is 42.2 Å². The number of hydrogen-bond acceptors (Lipinski definition) is 3. The van der Waals surface area contributed by atoms with Crippen molar-refractivity contribution in [2.45, 2.75) is 58.0 Å². The fourth-order valence-corrected chi connectivity index (χ4v) is 3.98. The Labute approximate surface area is 122 Å². The summed E-state index contributed by atoms with van der Waals surface area (Å²) in [7, 11) is 0. The predicted octanol–water partition coefficient (Wildman–Crippen LogP) is 3.09. The molecule has 2 rings (SSSR count). The lowest BCUT2D eigenvalue weighted by atomic mass is 9.69. The molecule has 1 saturated carbocycles. The third-order valence-electron chi connectivity index (χ3n) is 4.79. The van der Waals surface area contributed by atoms with E-state index in [4.69, 9.17) is 5.73 Å². The smallest absolute Gasteiger partial charge is 0.0677 e. The van der Waals surface area contributed by atoms with E-state index in [-0.39, 0.29) is 17.4 Å². The average Bonchev–Trinajstić information content (AvgIpc) is 2.89. The minimum Gasteiger partial charge on any atom is -0.392 e. The summed E-state index contributed by atoms with van der Waals surface area (Å²) in [5.41, 5.74) is 7.09. The van der Waals surface area contributed by atoms with E-state index in [9.17, 15) is 5.11 Å². The largest absolute Gasteiger partial charge is 0.392 e. The molecule has 1 fully saturated rings. The van der Waals surface area contributed by atoms with Crippen LogP contribution in [0.1, 0.15) is 57.4 Å². The van der Waals surface area contributed by atoms with Crippen LogP contribution in [0.15, 0.2) is 24.5 Å². The number of nitrogens with two attached hydrogens (primary N) is 1. The van der Waals surface area contributed by atoms with Gasteiger partial charge in [-0.2, -0.15) is 0 Å². The molecule has 0 aromatic carbocycles. The Hall–Kier alpha value is -0.930. The molecule has 1 aromatic rings. The lowest BCUT2D eigenvalue weighted by Gasteiger charge is -2.40. The van der Waals surface area contributed by atoms with Crippen molar-refractivity contribution in [3.05, 3.63) is 30.1 Å². The number of rotatable bonds is 6. The van der Waals surface area contributed by atoms with E-state index in [1.807, 2.05) is 18.3 Å². The van der Waals surface area contributed by atoms with Gasteiger partial charge in [0.05, 0.1) is 6.10 Å². The van der Waals surface area contributed by atoms with Crippen LogP contribution in [-0.2, 0) is 0 Å². The maximum absolute atomic E-state index is 11.1. The Balaban J connectivity index is 2.23. The van der Waals surface area contributed by atoms with Gasteiger partial charge in [0.2, 0.25) is 0 Å². The molecule has 0 spiro atoms. The molecule has 1 aliphatic rings. The summed E-state index contributed by atoms with van der Waals surface area (Å²) in [5.74, 6) is 0.607. The molecular weight excluding hydrogens is 248 g/mol. The number of aliphatic hydroxyl groups excluding tert-OH is 1. The fourth-order valence-electron chi connectivity index (χ4n) is 3.98. The lowest BCUT2D eigenvalue weighted by Crippen LogP contribution is -2.41. The van der Waals surface area contributed by atoms with Gasteiger partial charge in [-0.25, -0.2) is 0 Å². The Morgan fingerprint density at radius 2 is 2.05 bits per heavy atom. The van der Waals surface area contributed by atoms with Crippen LogP contribution in [0, 0.1) is 11.3 Å². The molecule has 0 saturated heterocycles. The van der Waals surface area contributed by atoms with Gasteiger partial charge in [-0.1, -0.05) is 32.8 Å². The van der Waals surface area contributed by atoms with Crippen LogP contribution in [0.25, 0.3) is 0 Å². The van der Waals surface area contributed by atoms with Gasteiger partial charge < -0.3 is 10.8 Å². The Morgan fingerprint density at radius 1 is 1.35 bits per heavy atom. The third-order valence-corrected chi connectivity index (χ3v) is 4.79. The van der Waals surface area contributed by atoms with Gasteiger partial charge >= 0.3 is 0 Å². The van der Waals surface area contributed by atoms with E-state index in [1.165, 1.54) is 12.8 Å². The predicted molar refractivity (Wildman–Crippen MR) is 82.4 cm³/mol. The van der Waals surface area contributed by atoms with Gasteiger partial charge in [0.25, 0.3) is 0 Å². The number of aliphatic hydroxyl groups is 1. The highest BCUT2D eigenvalue weighted by atomic mass is 16.3. The second-order valence-corrected chi connectivity index (χ2v) is 6.74. The van der Waals surface area contributed by atoms with Gasteiger partial charge in [-0.15, -0.1) is 0 Å². The second kappa shape index (κ2) is 6.68. The first-order chi connectivity index (χ1) is 9.59. The van der Waals surface area contributed by atoms with E-state index in [2.05, 4.69) is 18.8 Å². The maximum Gasteiger partial charge on any atom is 0.0677 e. The van der Waals surface area contributed by atoms with Gasteiger partial charge in [0.1, 0.15) is 0 Å².